The smallest absolute Gasteiger partial charge is 0.351 e. The molecule has 1 aliphatic rings. The van der Waals surface area contributed by atoms with E-state index in [9.17, 15) is 52.7 Å². The van der Waals surface area contributed by atoms with Gasteiger partial charge in [-0.2, -0.15) is 30.6 Å². The lowest BCUT2D eigenvalue weighted by atomic mass is 10.1. The molecule has 3 aromatic rings. The van der Waals surface area contributed by atoms with E-state index in [4.69, 9.17) is 0 Å². The number of rotatable bonds is 6. The molecule has 0 aliphatic carbocycles. The summed E-state index contributed by atoms with van der Waals surface area (Å²) < 4.78 is 148. The molecule has 3 heterocycles. The molecule has 42 heavy (non-hydrogen) atoms. The third-order valence-electron chi connectivity index (χ3n) is 6.40. The van der Waals surface area contributed by atoms with E-state index in [0.29, 0.717) is 41.1 Å². The van der Waals surface area contributed by atoms with Crippen molar-refractivity contribution < 1.29 is 52.7 Å². The fourth-order valence-electron chi connectivity index (χ4n) is 4.29. The van der Waals surface area contributed by atoms with Crippen LogP contribution in [0.3, 0.4) is 0 Å². The minimum Gasteiger partial charge on any atom is -0.351 e. The Kier molecular flexibility index (Phi) is 8.25. The first kappa shape index (κ1) is 31.1. The van der Waals surface area contributed by atoms with E-state index in [2.05, 4.69) is 20.3 Å². The number of nitrogens with one attached hydrogen (secondary N) is 1. The number of nitrogens with zero attached hydrogens (tertiary/aromatic N) is 4. The zero-order valence-electron chi connectivity index (χ0n) is 21.0. The van der Waals surface area contributed by atoms with E-state index < -0.39 is 93.0 Å². The number of amides is 1. The third-order valence-corrected chi connectivity index (χ3v) is 8.39. The van der Waals surface area contributed by atoms with Crippen molar-refractivity contribution in [2.24, 2.45) is 0 Å². The minimum atomic E-state index is -4.99. The summed E-state index contributed by atoms with van der Waals surface area (Å²) in [6.45, 7) is 0.240. The Hall–Kier alpha value is -3.80. The summed E-state index contributed by atoms with van der Waals surface area (Å²) in [6, 6.07) is -0.826. The van der Waals surface area contributed by atoms with Gasteiger partial charge in [-0.3, -0.25) is 9.78 Å². The number of sulfonamides is 1. The van der Waals surface area contributed by atoms with E-state index in [1.165, 1.54) is 0 Å². The molecule has 1 saturated heterocycles. The van der Waals surface area contributed by atoms with Gasteiger partial charge in [0.25, 0.3) is 0 Å². The number of aromatic nitrogens is 3. The summed E-state index contributed by atoms with van der Waals surface area (Å²) >= 11 is 0. The number of carbonyl (C=O) groups is 1. The van der Waals surface area contributed by atoms with E-state index in [1.807, 2.05) is 0 Å². The van der Waals surface area contributed by atoms with Gasteiger partial charge in [0, 0.05) is 37.1 Å². The average Bonchev–Trinajstić information content (AvgIpc) is 3.22. The Morgan fingerprint density at radius 1 is 0.976 bits per heavy atom. The molecule has 0 radical (unpaired) electrons. The van der Waals surface area contributed by atoms with Crippen molar-refractivity contribution in [3.8, 4) is 11.3 Å². The first-order valence-corrected chi connectivity index (χ1v) is 13.2. The number of halogens is 9. The second-order valence-electron chi connectivity index (χ2n) is 9.15. The topological polar surface area (TPSA) is 105 Å². The molecular weight excluding hydrogens is 609 g/mol. The van der Waals surface area contributed by atoms with Gasteiger partial charge in [-0.05, 0) is 36.8 Å². The van der Waals surface area contributed by atoms with Crippen LogP contribution in [0.2, 0.25) is 0 Å². The van der Waals surface area contributed by atoms with Crippen LogP contribution in [0.4, 0.5) is 39.5 Å². The Morgan fingerprint density at radius 2 is 1.62 bits per heavy atom. The maximum atomic E-state index is 14.6. The molecule has 0 unspecified atom stereocenters. The molecule has 1 aromatic carbocycles. The van der Waals surface area contributed by atoms with Crippen molar-refractivity contribution >= 4 is 15.9 Å². The highest BCUT2D eigenvalue weighted by molar-refractivity contribution is 7.89. The Bertz CT molecular complexity index is 1600. The number of pyridine rings is 1. The van der Waals surface area contributed by atoms with Crippen LogP contribution in [0.5, 0.6) is 0 Å². The average molecular weight is 627 g/mol. The van der Waals surface area contributed by atoms with Crippen LogP contribution in [-0.4, -0.2) is 51.8 Å². The van der Waals surface area contributed by atoms with Gasteiger partial charge in [0.1, 0.15) is 12.2 Å². The summed E-state index contributed by atoms with van der Waals surface area (Å²) in [5.74, 6) is -5.57. The van der Waals surface area contributed by atoms with Gasteiger partial charge in [0.2, 0.25) is 21.8 Å². The van der Waals surface area contributed by atoms with E-state index >= 15 is 0 Å². The van der Waals surface area contributed by atoms with Crippen LogP contribution in [0, 0.1) is 11.6 Å². The zero-order valence-corrected chi connectivity index (χ0v) is 21.8. The molecule has 1 aliphatic heterocycles. The maximum Gasteiger partial charge on any atom is 0.451 e. The van der Waals surface area contributed by atoms with Crippen LogP contribution in [0.25, 0.3) is 11.3 Å². The predicted molar refractivity (Wildman–Crippen MR) is 125 cm³/mol. The van der Waals surface area contributed by atoms with Crippen molar-refractivity contribution in [2.45, 2.75) is 55.4 Å². The zero-order chi connectivity index (χ0) is 31.2. The molecular formula is C24H18F9N5O3S. The standard InChI is InChI=1S/C24H18F9N5O3S/c1-11-17(26)6-20(38(11)42(40,41)14-2-3-16(25)18(27)5-14)21(39)35-7-12-4-19(34-10-15(12)23(28,29)30)13-8-36-22(37-9-13)24(31,32)33/h2-5,8-11,17,20H,6-7H2,1H3,(H,35,39)/t11-,17+,20-/m0/s1. The molecule has 0 bridgehead atoms. The molecule has 1 fully saturated rings. The van der Waals surface area contributed by atoms with Crippen molar-refractivity contribution in [3.05, 3.63) is 71.4 Å². The number of carbonyl (C=O) groups excluding carboxylic acids is 1. The van der Waals surface area contributed by atoms with E-state index in [-0.39, 0.29) is 11.3 Å². The lowest BCUT2D eigenvalue weighted by molar-refractivity contribution is -0.145. The van der Waals surface area contributed by atoms with Crippen molar-refractivity contribution in [1.82, 2.24) is 24.6 Å². The predicted octanol–water partition coefficient (Wildman–Crippen LogP) is 4.66. The van der Waals surface area contributed by atoms with Crippen LogP contribution >= 0.6 is 0 Å². The van der Waals surface area contributed by atoms with Crippen LogP contribution in [0.1, 0.15) is 30.3 Å². The molecule has 1 N–H and O–H groups in total. The number of hydrogen-bond acceptors (Lipinski definition) is 6. The fourth-order valence-corrected chi connectivity index (χ4v) is 6.11. The first-order chi connectivity index (χ1) is 19.4. The SMILES string of the molecule is C[C@H]1[C@H](F)C[C@@H](C(=O)NCc2cc(-c3cnc(C(F)(F)F)nc3)ncc2C(F)(F)F)N1S(=O)(=O)c1ccc(F)c(F)c1. The fraction of sp³-hybridized carbons (Fsp3) is 0.333. The monoisotopic (exact) mass is 627 g/mol. The lowest BCUT2D eigenvalue weighted by Gasteiger charge is -2.27. The molecule has 3 atom stereocenters. The molecule has 2 aromatic heterocycles. The van der Waals surface area contributed by atoms with Gasteiger partial charge < -0.3 is 5.32 Å². The normalized spacial score (nSPS) is 20.1. The number of benzene rings is 1. The van der Waals surface area contributed by atoms with Gasteiger partial charge >= 0.3 is 12.4 Å². The van der Waals surface area contributed by atoms with Crippen molar-refractivity contribution in [2.75, 3.05) is 0 Å². The van der Waals surface area contributed by atoms with Gasteiger partial charge in [-0.15, -0.1) is 0 Å². The lowest BCUT2D eigenvalue weighted by Crippen LogP contribution is -2.48. The first-order valence-electron chi connectivity index (χ1n) is 11.8. The highest BCUT2D eigenvalue weighted by atomic mass is 32.2. The number of alkyl halides is 7. The van der Waals surface area contributed by atoms with Gasteiger partial charge in [0.15, 0.2) is 11.6 Å². The highest BCUT2D eigenvalue weighted by Gasteiger charge is 2.49. The van der Waals surface area contributed by atoms with Crippen molar-refractivity contribution in [1.29, 1.82) is 0 Å². The Labute approximate surface area is 231 Å². The largest absolute Gasteiger partial charge is 0.451 e. The molecule has 8 nitrogen and oxygen atoms in total. The van der Waals surface area contributed by atoms with Gasteiger partial charge in [-0.1, -0.05) is 0 Å². The second-order valence-corrected chi connectivity index (χ2v) is 11.0. The van der Waals surface area contributed by atoms with Gasteiger partial charge in [0.05, 0.1) is 22.2 Å². The third kappa shape index (κ3) is 6.18. The summed E-state index contributed by atoms with van der Waals surface area (Å²) in [6.07, 6.45) is -10.7. The summed E-state index contributed by atoms with van der Waals surface area (Å²) in [5.41, 5.74) is -2.40. The highest BCUT2D eigenvalue weighted by Crippen LogP contribution is 2.35. The maximum absolute atomic E-state index is 14.6. The molecule has 0 spiro atoms. The Balaban J connectivity index is 1.62. The summed E-state index contributed by atoms with van der Waals surface area (Å²) in [5, 5.41) is 2.12. The van der Waals surface area contributed by atoms with Gasteiger partial charge in [-0.25, -0.2) is 31.6 Å². The van der Waals surface area contributed by atoms with E-state index in [0.717, 1.165) is 13.0 Å². The quantitative estimate of drug-likeness (QED) is 0.399. The Morgan fingerprint density at radius 3 is 2.19 bits per heavy atom. The summed E-state index contributed by atoms with van der Waals surface area (Å²) in [4.78, 5) is 22.1. The molecule has 4 rings (SSSR count). The molecule has 226 valence electrons. The molecule has 1 amide bonds. The second kappa shape index (κ2) is 11.1. The summed E-state index contributed by atoms with van der Waals surface area (Å²) in [7, 11) is -4.78. The van der Waals surface area contributed by atoms with E-state index in [1.54, 1.807) is 0 Å². The van der Waals surface area contributed by atoms with Crippen LogP contribution < -0.4 is 5.32 Å². The molecule has 18 heteroatoms. The van der Waals surface area contributed by atoms with Crippen LogP contribution in [-0.2, 0) is 33.7 Å². The molecule has 0 saturated carbocycles. The minimum absolute atomic E-state index is 0.182. The number of hydrogen-bond donors (Lipinski definition) is 1. The van der Waals surface area contributed by atoms with Crippen LogP contribution in [0.15, 0.2) is 47.8 Å². The van der Waals surface area contributed by atoms with Crippen molar-refractivity contribution in [3.63, 3.8) is 0 Å².